The van der Waals surface area contributed by atoms with Crippen molar-refractivity contribution in [3.8, 4) is 16.2 Å². The Balaban J connectivity index is 1.55. The Bertz CT molecular complexity index is 1170. The number of aryl methyl sites for hydroxylation is 1. The van der Waals surface area contributed by atoms with E-state index in [-0.39, 0.29) is 5.78 Å². The van der Waals surface area contributed by atoms with Crippen LogP contribution in [-0.4, -0.2) is 23.5 Å². The molecule has 0 N–H and O–H groups in total. The highest BCUT2D eigenvalue weighted by Crippen LogP contribution is 2.33. The number of ether oxygens (including phenoxy) is 2. The molecule has 1 heterocycles. The second-order valence-corrected chi connectivity index (χ2v) is 10.4. The quantitative estimate of drug-likeness (QED) is 0.215. The molecule has 3 aromatic rings. The molecule has 0 aliphatic carbocycles. The van der Waals surface area contributed by atoms with Crippen LogP contribution in [0.3, 0.4) is 0 Å². The first-order valence-electron chi connectivity index (χ1n) is 11.6. The molecule has 1 atom stereocenters. The maximum Gasteiger partial charge on any atom is 0.416 e. The maximum absolute atomic E-state index is 12.8. The largest absolute Gasteiger partial charge is 0.479 e. The number of carbonyl (C=O) groups excluding carboxylic acids is 2. The molecule has 0 saturated heterocycles. The van der Waals surface area contributed by atoms with Crippen molar-refractivity contribution in [2.75, 3.05) is 0 Å². The molecular weight excluding hydrogens is 489 g/mol. The SMILES string of the molecule is CCC(Oc1ccc(CCC(=O)c2ccc(-c3ccc(C(F)(F)F)cc3)s2)cc1)C(=O)OC(C)(C)C. The molecule has 0 bridgehead atoms. The summed E-state index contributed by atoms with van der Waals surface area (Å²) in [6.45, 7) is 7.26. The highest BCUT2D eigenvalue weighted by atomic mass is 32.1. The van der Waals surface area contributed by atoms with Gasteiger partial charge in [-0.15, -0.1) is 11.3 Å². The van der Waals surface area contributed by atoms with Crippen molar-refractivity contribution in [1.29, 1.82) is 0 Å². The molecule has 0 spiro atoms. The Morgan fingerprint density at radius 1 is 0.917 bits per heavy atom. The fourth-order valence-electron chi connectivity index (χ4n) is 3.41. The van der Waals surface area contributed by atoms with E-state index in [2.05, 4.69) is 0 Å². The standard InChI is InChI=1S/C28H29F3O4S/c1-5-23(26(33)35-27(2,3)4)34-21-13-6-18(7-14-21)8-15-22(32)25-17-16-24(36-25)19-9-11-20(12-10-19)28(29,30)31/h6-7,9-14,16-17,23H,5,8,15H2,1-4H3. The molecule has 3 rings (SSSR count). The average Bonchev–Trinajstić information content (AvgIpc) is 3.30. The van der Waals surface area contributed by atoms with E-state index in [1.165, 1.54) is 23.5 Å². The van der Waals surface area contributed by atoms with Crippen LogP contribution in [-0.2, 0) is 22.1 Å². The number of rotatable bonds is 9. The van der Waals surface area contributed by atoms with Crippen LogP contribution in [0.2, 0.25) is 0 Å². The molecule has 0 aliphatic heterocycles. The summed E-state index contributed by atoms with van der Waals surface area (Å²) in [6, 6.07) is 15.6. The Kier molecular flexibility index (Phi) is 8.61. The minimum Gasteiger partial charge on any atom is -0.479 e. The summed E-state index contributed by atoms with van der Waals surface area (Å²) in [5.41, 5.74) is 0.288. The lowest BCUT2D eigenvalue weighted by molar-refractivity contribution is -0.163. The summed E-state index contributed by atoms with van der Waals surface area (Å²) < 4.78 is 49.5. The van der Waals surface area contributed by atoms with Gasteiger partial charge in [-0.3, -0.25) is 4.79 Å². The number of ketones is 1. The molecule has 0 aliphatic rings. The van der Waals surface area contributed by atoms with Crippen LogP contribution < -0.4 is 4.74 Å². The first-order valence-corrected chi connectivity index (χ1v) is 12.5. The molecule has 0 fully saturated rings. The predicted octanol–water partition coefficient (Wildman–Crippen LogP) is 7.75. The zero-order valence-electron chi connectivity index (χ0n) is 20.6. The summed E-state index contributed by atoms with van der Waals surface area (Å²) >= 11 is 1.27. The topological polar surface area (TPSA) is 52.6 Å². The van der Waals surface area contributed by atoms with Gasteiger partial charge in [0.1, 0.15) is 11.4 Å². The lowest BCUT2D eigenvalue weighted by Gasteiger charge is -2.24. The van der Waals surface area contributed by atoms with Crippen LogP contribution in [0.4, 0.5) is 13.2 Å². The molecule has 0 radical (unpaired) electrons. The number of thiophene rings is 1. The van der Waals surface area contributed by atoms with E-state index in [0.29, 0.717) is 35.5 Å². The van der Waals surface area contributed by atoms with Gasteiger partial charge < -0.3 is 9.47 Å². The molecule has 0 amide bonds. The van der Waals surface area contributed by atoms with Crippen LogP contribution in [0.15, 0.2) is 60.7 Å². The highest BCUT2D eigenvalue weighted by molar-refractivity contribution is 7.17. The first kappa shape index (κ1) is 27.5. The van der Waals surface area contributed by atoms with Crippen molar-refractivity contribution in [2.45, 2.75) is 64.8 Å². The number of halogens is 3. The molecular formula is C28H29F3O4S. The summed E-state index contributed by atoms with van der Waals surface area (Å²) in [5.74, 6) is 0.1000. The van der Waals surface area contributed by atoms with E-state index >= 15 is 0 Å². The van der Waals surface area contributed by atoms with Gasteiger partial charge >= 0.3 is 12.1 Å². The normalized spacial score (nSPS) is 12.8. The van der Waals surface area contributed by atoms with Gasteiger partial charge in [0, 0.05) is 11.3 Å². The van der Waals surface area contributed by atoms with Crippen molar-refractivity contribution in [1.82, 2.24) is 0 Å². The van der Waals surface area contributed by atoms with Crippen molar-refractivity contribution < 1.29 is 32.2 Å². The number of hydrogen-bond donors (Lipinski definition) is 0. The second-order valence-electron chi connectivity index (χ2n) is 9.35. The van der Waals surface area contributed by atoms with Crippen molar-refractivity contribution >= 4 is 23.1 Å². The summed E-state index contributed by atoms with van der Waals surface area (Å²) in [6.07, 6.45) is -3.79. The maximum atomic E-state index is 12.8. The van der Waals surface area contributed by atoms with Gasteiger partial charge in [0.05, 0.1) is 10.4 Å². The molecule has 8 heteroatoms. The summed E-state index contributed by atoms with van der Waals surface area (Å²) in [5, 5.41) is 0. The van der Waals surface area contributed by atoms with Crippen LogP contribution in [0, 0.1) is 0 Å². The Morgan fingerprint density at radius 2 is 1.56 bits per heavy atom. The smallest absolute Gasteiger partial charge is 0.416 e. The highest BCUT2D eigenvalue weighted by Gasteiger charge is 2.30. The Hall–Kier alpha value is -3.13. The second kappa shape index (κ2) is 11.3. The van der Waals surface area contributed by atoms with Crippen LogP contribution in [0.25, 0.3) is 10.4 Å². The average molecular weight is 519 g/mol. The van der Waals surface area contributed by atoms with E-state index in [4.69, 9.17) is 9.47 Å². The summed E-state index contributed by atoms with van der Waals surface area (Å²) in [4.78, 5) is 26.3. The lowest BCUT2D eigenvalue weighted by atomic mass is 10.1. The van der Waals surface area contributed by atoms with E-state index in [1.54, 1.807) is 45.0 Å². The van der Waals surface area contributed by atoms with Crippen molar-refractivity contribution in [3.05, 3.63) is 76.7 Å². The van der Waals surface area contributed by atoms with E-state index in [1.807, 2.05) is 19.1 Å². The van der Waals surface area contributed by atoms with Crippen LogP contribution in [0.5, 0.6) is 5.75 Å². The number of Topliss-reactive ketones (excluding diaryl/α,β-unsaturated/α-hetero) is 1. The van der Waals surface area contributed by atoms with Gasteiger partial charge in [0.25, 0.3) is 0 Å². The predicted molar refractivity (Wildman–Crippen MR) is 134 cm³/mol. The van der Waals surface area contributed by atoms with E-state index < -0.39 is 29.4 Å². The van der Waals surface area contributed by atoms with Gasteiger partial charge in [-0.1, -0.05) is 31.2 Å². The van der Waals surface area contributed by atoms with Gasteiger partial charge in [0.2, 0.25) is 0 Å². The number of benzene rings is 2. The number of carbonyl (C=O) groups is 2. The molecule has 192 valence electrons. The third-order valence-electron chi connectivity index (χ3n) is 5.26. The summed E-state index contributed by atoms with van der Waals surface area (Å²) in [7, 11) is 0. The van der Waals surface area contributed by atoms with E-state index in [0.717, 1.165) is 22.6 Å². The third kappa shape index (κ3) is 7.68. The third-order valence-corrected chi connectivity index (χ3v) is 6.44. The van der Waals surface area contributed by atoms with Crippen LogP contribution >= 0.6 is 11.3 Å². The molecule has 1 aromatic heterocycles. The van der Waals surface area contributed by atoms with Gasteiger partial charge in [0.15, 0.2) is 11.9 Å². The van der Waals surface area contributed by atoms with E-state index in [9.17, 15) is 22.8 Å². The molecule has 0 saturated carbocycles. The zero-order valence-corrected chi connectivity index (χ0v) is 21.5. The van der Waals surface area contributed by atoms with Gasteiger partial charge in [-0.2, -0.15) is 13.2 Å². The zero-order chi connectivity index (χ0) is 26.5. The van der Waals surface area contributed by atoms with Gasteiger partial charge in [-0.25, -0.2) is 4.79 Å². The fourth-order valence-corrected chi connectivity index (χ4v) is 4.39. The monoisotopic (exact) mass is 518 g/mol. The minimum absolute atomic E-state index is 0.0329. The molecule has 36 heavy (non-hydrogen) atoms. The Labute approximate surface area is 213 Å². The lowest BCUT2D eigenvalue weighted by Crippen LogP contribution is -2.34. The fraction of sp³-hybridized carbons (Fsp3) is 0.357. The molecule has 4 nitrogen and oxygen atoms in total. The van der Waals surface area contributed by atoms with Crippen molar-refractivity contribution in [2.24, 2.45) is 0 Å². The molecule has 1 unspecified atom stereocenters. The molecule has 2 aromatic carbocycles. The van der Waals surface area contributed by atoms with Crippen LogP contribution in [0.1, 0.15) is 61.3 Å². The first-order chi connectivity index (χ1) is 16.9. The van der Waals surface area contributed by atoms with Crippen molar-refractivity contribution in [3.63, 3.8) is 0 Å². The number of esters is 1. The number of hydrogen-bond acceptors (Lipinski definition) is 5. The Morgan fingerprint density at radius 3 is 2.11 bits per heavy atom. The minimum atomic E-state index is -4.38. The number of alkyl halides is 3. The van der Waals surface area contributed by atoms with Gasteiger partial charge in [-0.05, 0) is 81.1 Å².